The maximum atomic E-state index is 12.3. The molecular weight excluding hydrogens is 346 g/mol. The van der Waals surface area contributed by atoms with Crippen LogP contribution >= 0.6 is 11.3 Å². The first kappa shape index (κ1) is 19.1. The first-order chi connectivity index (χ1) is 12.0. The third-order valence-corrected chi connectivity index (χ3v) is 4.12. The summed E-state index contributed by atoms with van der Waals surface area (Å²) in [4.78, 5) is 11.0. The van der Waals surface area contributed by atoms with Crippen molar-refractivity contribution in [2.75, 3.05) is 13.6 Å². The summed E-state index contributed by atoms with van der Waals surface area (Å²) in [5, 5.41) is 6.28. The van der Waals surface area contributed by atoms with Gasteiger partial charge in [0, 0.05) is 19.0 Å². The van der Waals surface area contributed by atoms with Gasteiger partial charge in [-0.15, -0.1) is 11.3 Å². The van der Waals surface area contributed by atoms with Crippen molar-refractivity contribution >= 4 is 17.3 Å². The van der Waals surface area contributed by atoms with E-state index in [4.69, 9.17) is 0 Å². The van der Waals surface area contributed by atoms with Gasteiger partial charge in [-0.05, 0) is 31.5 Å². The van der Waals surface area contributed by atoms with Crippen LogP contribution in [0.2, 0.25) is 0 Å². The van der Waals surface area contributed by atoms with Gasteiger partial charge in [-0.3, -0.25) is 0 Å². The molecule has 25 heavy (non-hydrogen) atoms. The number of aliphatic imine (C=N–C) groups is 1. The van der Waals surface area contributed by atoms with Gasteiger partial charge in [-0.1, -0.05) is 12.1 Å². The number of aryl methyl sites for hydroxylation is 1. The van der Waals surface area contributed by atoms with Crippen LogP contribution < -0.4 is 10.1 Å². The van der Waals surface area contributed by atoms with E-state index in [0.29, 0.717) is 13.1 Å². The minimum Gasteiger partial charge on any atom is -0.435 e. The molecule has 0 fully saturated rings. The molecule has 0 aliphatic carbocycles. The summed E-state index contributed by atoms with van der Waals surface area (Å²) in [6, 6.07) is 6.58. The Kier molecular flexibility index (Phi) is 7.12. The monoisotopic (exact) mass is 368 g/mol. The molecule has 1 aromatic carbocycles. The number of nitrogens with zero attached hydrogens (tertiary/aromatic N) is 3. The molecule has 1 N–H and O–H groups in total. The third kappa shape index (κ3) is 6.30. The molecule has 2 aromatic rings. The second-order valence-corrected chi connectivity index (χ2v) is 6.47. The van der Waals surface area contributed by atoms with Crippen LogP contribution in [0.3, 0.4) is 0 Å². The highest BCUT2D eigenvalue weighted by molar-refractivity contribution is 7.09. The number of ether oxygens (including phenoxy) is 1. The van der Waals surface area contributed by atoms with Crippen molar-refractivity contribution in [2.45, 2.75) is 33.5 Å². The van der Waals surface area contributed by atoms with Crippen LogP contribution in [0.1, 0.15) is 23.2 Å². The second-order valence-electron chi connectivity index (χ2n) is 5.41. The lowest BCUT2D eigenvalue weighted by Gasteiger charge is -2.21. The predicted octanol–water partition coefficient (Wildman–Crippen LogP) is 3.65. The number of guanidine groups is 1. The molecule has 0 aliphatic rings. The molecule has 0 saturated carbocycles. The fourth-order valence-electron chi connectivity index (χ4n) is 2.25. The van der Waals surface area contributed by atoms with Gasteiger partial charge >= 0.3 is 6.61 Å². The van der Waals surface area contributed by atoms with Gasteiger partial charge in [0.05, 0.1) is 23.8 Å². The van der Waals surface area contributed by atoms with E-state index >= 15 is 0 Å². The molecule has 1 heterocycles. The fraction of sp³-hybridized carbons (Fsp3) is 0.412. The molecule has 0 atom stereocenters. The molecule has 5 nitrogen and oxygen atoms in total. The molecule has 136 valence electrons. The molecule has 0 saturated heterocycles. The molecule has 0 amide bonds. The summed E-state index contributed by atoms with van der Waals surface area (Å²) >= 11 is 1.61. The maximum Gasteiger partial charge on any atom is 0.387 e. The maximum absolute atomic E-state index is 12.3. The van der Waals surface area contributed by atoms with Gasteiger partial charge in [0.15, 0.2) is 5.96 Å². The van der Waals surface area contributed by atoms with Crippen molar-refractivity contribution in [2.24, 2.45) is 4.99 Å². The molecule has 0 unspecified atom stereocenters. The van der Waals surface area contributed by atoms with Crippen LogP contribution in [0, 0.1) is 6.92 Å². The summed E-state index contributed by atoms with van der Waals surface area (Å²) < 4.78 is 29.0. The largest absolute Gasteiger partial charge is 0.435 e. The Hall–Kier alpha value is -2.22. The summed E-state index contributed by atoms with van der Waals surface area (Å²) in [5.74, 6) is 0.868. The highest BCUT2D eigenvalue weighted by Gasteiger charge is 2.09. The molecule has 0 radical (unpaired) electrons. The topological polar surface area (TPSA) is 49.8 Å². The number of hydrogen-bond acceptors (Lipinski definition) is 4. The zero-order valence-corrected chi connectivity index (χ0v) is 15.3. The minimum absolute atomic E-state index is 0.138. The second kappa shape index (κ2) is 9.31. The molecule has 0 bridgehead atoms. The molecule has 0 aliphatic heterocycles. The number of halogens is 2. The van der Waals surface area contributed by atoms with Gasteiger partial charge in [0.1, 0.15) is 5.75 Å². The average molecular weight is 368 g/mol. The van der Waals surface area contributed by atoms with Crippen LogP contribution in [-0.2, 0) is 13.1 Å². The van der Waals surface area contributed by atoms with E-state index in [9.17, 15) is 8.78 Å². The third-order valence-electron chi connectivity index (χ3n) is 3.30. The van der Waals surface area contributed by atoms with E-state index < -0.39 is 6.61 Å². The molecule has 2 rings (SSSR count). The standard InChI is InChI=1S/C17H22F2N4OS/c1-4-20-17(23(3)10-14-11-25-12(2)22-14)21-9-13-6-5-7-15(8-13)24-16(18)19/h5-8,11,16H,4,9-10H2,1-3H3,(H,20,21). The van der Waals surface area contributed by atoms with Gasteiger partial charge in [-0.25, -0.2) is 9.98 Å². The Balaban J connectivity index is 2.05. The van der Waals surface area contributed by atoms with Gasteiger partial charge in [0.2, 0.25) is 0 Å². The summed E-state index contributed by atoms with van der Waals surface area (Å²) in [6.07, 6.45) is 0. The number of hydrogen-bond donors (Lipinski definition) is 1. The predicted molar refractivity (Wildman–Crippen MR) is 96.2 cm³/mol. The molecule has 0 spiro atoms. The van der Waals surface area contributed by atoms with Crippen LogP contribution in [0.5, 0.6) is 5.75 Å². The van der Waals surface area contributed by atoms with Crippen LogP contribution in [-0.4, -0.2) is 36.0 Å². The van der Waals surface area contributed by atoms with Crippen LogP contribution in [0.15, 0.2) is 34.6 Å². The zero-order valence-electron chi connectivity index (χ0n) is 14.5. The van der Waals surface area contributed by atoms with Crippen molar-refractivity contribution in [3.63, 3.8) is 0 Å². The highest BCUT2D eigenvalue weighted by atomic mass is 32.1. The number of thiazole rings is 1. The van der Waals surface area contributed by atoms with Crippen molar-refractivity contribution in [3.8, 4) is 5.75 Å². The van der Waals surface area contributed by atoms with E-state index in [2.05, 4.69) is 20.0 Å². The Morgan fingerprint density at radius 2 is 2.24 bits per heavy atom. The van der Waals surface area contributed by atoms with Crippen LogP contribution in [0.25, 0.3) is 0 Å². The Morgan fingerprint density at radius 3 is 2.88 bits per heavy atom. The smallest absolute Gasteiger partial charge is 0.387 e. The SMILES string of the molecule is CCNC(=NCc1cccc(OC(F)F)c1)N(C)Cc1csc(C)n1. The van der Waals surface area contributed by atoms with Gasteiger partial charge in [0.25, 0.3) is 0 Å². The Labute approximate surface area is 150 Å². The van der Waals surface area contributed by atoms with E-state index in [1.165, 1.54) is 6.07 Å². The summed E-state index contributed by atoms with van der Waals surface area (Å²) in [6.45, 7) is 2.88. The number of rotatable bonds is 7. The van der Waals surface area contributed by atoms with E-state index in [0.717, 1.165) is 28.8 Å². The first-order valence-electron chi connectivity index (χ1n) is 7.92. The number of aromatic nitrogens is 1. The number of nitrogens with one attached hydrogen (secondary N) is 1. The van der Waals surface area contributed by atoms with Gasteiger partial charge in [-0.2, -0.15) is 8.78 Å². The summed E-state index contributed by atoms with van der Waals surface area (Å²) in [5.41, 5.74) is 1.79. The first-order valence-corrected chi connectivity index (χ1v) is 8.80. The lowest BCUT2D eigenvalue weighted by molar-refractivity contribution is -0.0498. The quantitative estimate of drug-likeness (QED) is 0.599. The fourth-order valence-corrected chi connectivity index (χ4v) is 2.86. The van der Waals surface area contributed by atoms with Crippen molar-refractivity contribution in [1.82, 2.24) is 15.2 Å². The van der Waals surface area contributed by atoms with Gasteiger partial charge < -0.3 is 15.0 Å². The molecule has 8 heteroatoms. The molecular formula is C17H22F2N4OS. The minimum atomic E-state index is -2.83. The van der Waals surface area contributed by atoms with Crippen molar-refractivity contribution in [3.05, 3.63) is 45.9 Å². The van der Waals surface area contributed by atoms with Crippen LogP contribution in [0.4, 0.5) is 8.78 Å². The van der Waals surface area contributed by atoms with E-state index in [1.54, 1.807) is 23.5 Å². The number of benzene rings is 1. The summed E-state index contributed by atoms with van der Waals surface area (Å²) in [7, 11) is 1.94. The van der Waals surface area contributed by atoms with Crippen molar-refractivity contribution in [1.29, 1.82) is 0 Å². The Morgan fingerprint density at radius 1 is 1.44 bits per heavy atom. The normalized spacial score (nSPS) is 11.7. The zero-order chi connectivity index (χ0) is 18.2. The Bertz CT molecular complexity index is 705. The van der Waals surface area contributed by atoms with Crippen molar-refractivity contribution < 1.29 is 13.5 Å². The highest BCUT2D eigenvalue weighted by Crippen LogP contribution is 2.16. The van der Waals surface area contributed by atoms with E-state index in [1.807, 2.05) is 37.2 Å². The van der Waals surface area contributed by atoms with E-state index in [-0.39, 0.29) is 5.75 Å². The lowest BCUT2D eigenvalue weighted by Crippen LogP contribution is -2.38. The molecule has 1 aromatic heterocycles. The lowest BCUT2D eigenvalue weighted by atomic mass is 10.2. The average Bonchev–Trinajstić information content (AvgIpc) is 2.96. The number of alkyl halides is 2.